The van der Waals surface area contributed by atoms with Gasteiger partial charge in [-0.1, -0.05) is 5.16 Å². The van der Waals surface area contributed by atoms with Gasteiger partial charge in [0, 0.05) is 17.5 Å². The predicted molar refractivity (Wildman–Crippen MR) is 146 cm³/mol. The van der Waals surface area contributed by atoms with Gasteiger partial charge in [-0.25, -0.2) is 4.98 Å². The lowest BCUT2D eigenvalue weighted by Gasteiger charge is -2.50. The second-order valence-electron chi connectivity index (χ2n) is 8.82. The highest BCUT2D eigenvalue weighted by Gasteiger charge is 2.58. The summed E-state index contributed by atoms with van der Waals surface area (Å²) in [5.74, 6) is -0.807. The minimum Gasteiger partial charge on any atom is -0.490 e. The molecule has 18 heteroatoms. The molecule has 1 aliphatic rings. The highest BCUT2D eigenvalue weighted by molar-refractivity contribution is 7.80. The van der Waals surface area contributed by atoms with Crippen molar-refractivity contribution in [2.24, 2.45) is 21.6 Å². The second kappa shape index (κ2) is 13.0. The Labute approximate surface area is 234 Å². The third kappa shape index (κ3) is 7.85. The summed E-state index contributed by atoms with van der Waals surface area (Å²) in [5.41, 5.74) is 16.3. The van der Waals surface area contributed by atoms with Gasteiger partial charge in [0.1, 0.15) is 29.9 Å². The molecule has 0 bridgehead atoms. The Kier molecular flexibility index (Phi) is 9.98. The standard InChI is InChI=1S/C22H30N8O8S2/c1-22(2)17(20(32)30(22)38-40(33,34)35)28-19(31)16(15-12-39-21(25)27-15)29-37-11-10-36-14-6-4-13(5-7-14)18(24)26-9-3-8-23/h4-7,12,17H,3,8-11,23H2,1-2H3,(H2,24,26)(H2,25,27)(H,28,31)(H,33,34,35)/b29-16-/t17-/m1/s1. The third-order valence-corrected chi connectivity index (χ3v) is 6.51. The molecule has 1 atom stereocenters. The maximum atomic E-state index is 13.0. The summed E-state index contributed by atoms with van der Waals surface area (Å²) in [4.78, 5) is 38.9. The molecule has 0 saturated carbocycles. The molecule has 2 heterocycles. The topological polar surface area (TPSA) is 247 Å². The summed E-state index contributed by atoms with van der Waals surface area (Å²) in [6.45, 7) is 3.95. The average Bonchev–Trinajstić information content (AvgIpc) is 3.33. The lowest BCUT2D eigenvalue weighted by atomic mass is 9.84. The summed E-state index contributed by atoms with van der Waals surface area (Å²) in [6, 6.07) is 5.75. The first kappa shape index (κ1) is 30.7. The second-order valence-corrected chi connectivity index (χ2v) is 10.7. The molecule has 2 aromatic rings. The number of β-lactam (4-membered cyclic amide) rings is 1. The van der Waals surface area contributed by atoms with Crippen LogP contribution in [0.15, 0.2) is 39.8 Å². The van der Waals surface area contributed by atoms with Gasteiger partial charge in [0.2, 0.25) is 0 Å². The largest absolute Gasteiger partial charge is 0.490 e. The maximum absolute atomic E-state index is 13.0. The predicted octanol–water partition coefficient (Wildman–Crippen LogP) is -0.581. The number of aliphatic imine (C=N–C) groups is 1. The van der Waals surface area contributed by atoms with Crippen LogP contribution in [0.5, 0.6) is 5.75 Å². The highest BCUT2D eigenvalue weighted by Crippen LogP contribution is 2.33. The number of carbonyl (C=O) groups excluding carboxylic acids is 2. The number of nitrogen functional groups attached to an aromatic ring is 1. The molecule has 2 amide bonds. The number of nitrogens with one attached hydrogen (secondary N) is 1. The van der Waals surface area contributed by atoms with E-state index in [1.807, 2.05) is 0 Å². The normalized spacial score (nSPS) is 17.4. The Balaban J connectivity index is 1.59. The first-order valence-corrected chi connectivity index (χ1v) is 14.0. The van der Waals surface area contributed by atoms with E-state index in [2.05, 4.69) is 24.7 Å². The SMILES string of the molecule is CC1(C)[C@H](NC(=O)/C(=N\OCCOc2ccc(C(N)=NCCCN)cc2)c2csc(N)n2)C(=O)N1OS(=O)(=O)O. The van der Waals surface area contributed by atoms with E-state index in [-0.39, 0.29) is 29.8 Å². The number of ether oxygens (including phenoxy) is 1. The average molecular weight is 599 g/mol. The van der Waals surface area contributed by atoms with E-state index in [1.54, 1.807) is 24.3 Å². The minimum atomic E-state index is -4.95. The van der Waals surface area contributed by atoms with Crippen LogP contribution in [-0.2, 0) is 29.1 Å². The number of amidine groups is 1. The molecular weight excluding hydrogens is 568 g/mol. The monoisotopic (exact) mass is 598 g/mol. The van der Waals surface area contributed by atoms with Crippen molar-refractivity contribution < 1.29 is 36.4 Å². The first-order valence-electron chi connectivity index (χ1n) is 11.8. The van der Waals surface area contributed by atoms with Crippen LogP contribution in [0.1, 0.15) is 31.5 Å². The van der Waals surface area contributed by atoms with Crippen molar-refractivity contribution in [3.8, 4) is 5.75 Å². The zero-order valence-electron chi connectivity index (χ0n) is 21.6. The van der Waals surface area contributed by atoms with Crippen molar-refractivity contribution in [2.45, 2.75) is 31.8 Å². The number of benzene rings is 1. The number of oxime groups is 1. The van der Waals surface area contributed by atoms with Crippen molar-refractivity contribution >= 4 is 50.2 Å². The molecule has 3 rings (SSSR count). The fourth-order valence-corrected chi connectivity index (χ4v) is 4.43. The molecule has 1 aliphatic heterocycles. The number of aromatic nitrogens is 1. The van der Waals surface area contributed by atoms with Gasteiger partial charge in [-0.05, 0) is 51.1 Å². The van der Waals surface area contributed by atoms with Crippen molar-refractivity contribution in [3.63, 3.8) is 0 Å². The molecule has 0 radical (unpaired) electrons. The number of hydrogen-bond acceptors (Lipinski definition) is 13. The van der Waals surface area contributed by atoms with Crippen LogP contribution in [0.4, 0.5) is 5.13 Å². The van der Waals surface area contributed by atoms with Gasteiger partial charge >= 0.3 is 10.4 Å². The van der Waals surface area contributed by atoms with E-state index in [0.717, 1.165) is 23.3 Å². The van der Waals surface area contributed by atoms with Gasteiger partial charge in [0.15, 0.2) is 17.5 Å². The van der Waals surface area contributed by atoms with Crippen molar-refractivity contribution in [1.82, 2.24) is 15.4 Å². The molecular formula is C22H30N8O8S2. The van der Waals surface area contributed by atoms with Gasteiger partial charge in [-0.3, -0.25) is 19.1 Å². The summed E-state index contributed by atoms with van der Waals surface area (Å²) < 4.78 is 40.8. The number of carbonyl (C=O) groups is 2. The Hall–Kier alpha value is -3.84. The van der Waals surface area contributed by atoms with E-state index in [0.29, 0.717) is 29.7 Å². The van der Waals surface area contributed by atoms with Crippen LogP contribution >= 0.6 is 11.3 Å². The van der Waals surface area contributed by atoms with Crippen LogP contribution in [0.3, 0.4) is 0 Å². The van der Waals surface area contributed by atoms with Gasteiger partial charge in [-0.15, -0.1) is 15.6 Å². The summed E-state index contributed by atoms with van der Waals surface area (Å²) in [5, 5.41) is 8.38. The lowest BCUT2D eigenvalue weighted by molar-refractivity contribution is -0.218. The van der Waals surface area contributed by atoms with Crippen molar-refractivity contribution in [1.29, 1.82) is 0 Å². The van der Waals surface area contributed by atoms with E-state index >= 15 is 0 Å². The van der Waals surface area contributed by atoms with Crippen LogP contribution < -0.4 is 27.3 Å². The maximum Gasteiger partial charge on any atom is 0.418 e. The van der Waals surface area contributed by atoms with Crippen molar-refractivity contribution in [3.05, 3.63) is 40.9 Å². The number of hydrogen-bond donors (Lipinski definition) is 5. The van der Waals surface area contributed by atoms with E-state index in [9.17, 15) is 18.0 Å². The molecule has 1 fully saturated rings. The molecule has 1 aromatic carbocycles. The van der Waals surface area contributed by atoms with Gasteiger partial charge in [-0.2, -0.15) is 13.5 Å². The Morgan fingerprint density at radius 2 is 1.98 bits per heavy atom. The number of rotatable bonds is 14. The van der Waals surface area contributed by atoms with Crippen LogP contribution in [-0.4, -0.2) is 84.3 Å². The summed E-state index contributed by atoms with van der Waals surface area (Å²) in [6.07, 6.45) is 0.741. The number of hydroxylamine groups is 2. The number of nitrogens with two attached hydrogens (primary N) is 3. The van der Waals surface area contributed by atoms with Crippen LogP contribution in [0, 0.1) is 0 Å². The Morgan fingerprint density at radius 3 is 2.55 bits per heavy atom. The zero-order valence-corrected chi connectivity index (χ0v) is 23.3. The number of nitrogens with zero attached hydrogens (tertiary/aromatic N) is 4. The van der Waals surface area contributed by atoms with E-state index in [1.165, 1.54) is 19.2 Å². The fraction of sp³-hybridized carbons (Fsp3) is 0.409. The first-order chi connectivity index (χ1) is 18.8. The molecule has 0 spiro atoms. The fourth-order valence-electron chi connectivity index (χ4n) is 3.43. The number of anilines is 1. The summed E-state index contributed by atoms with van der Waals surface area (Å²) >= 11 is 1.06. The molecule has 0 unspecified atom stereocenters. The molecule has 40 heavy (non-hydrogen) atoms. The lowest BCUT2D eigenvalue weighted by Crippen LogP contribution is -2.76. The van der Waals surface area contributed by atoms with Gasteiger partial charge in [0.05, 0.1) is 5.54 Å². The minimum absolute atomic E-state index is 0.0509. The number of amides is 2. The van der Waals surface area contributed by atoms with Gasteiger partial charge < -0.3 is 32.1 Å². The Bertz CT molecular complexity index is 1380. The smallest absolute Gasteiger partial charge is 0.418 e. The quantitative estimate of drug-likeness (QED) is 0.0457. The Morgan fingerprint density at radius 1 is 1.27 bits per heavy atom. The molecule has 0 aliphatic carbocycles. The van der Waals surface area contributed by atoms with Crippen LogP contribution in [0.2, 0.25) is 0 Å². The molecule has 1 aromatic heterocycles. The van der Waals surface area contributed by atoms with Crippen LogP contribution in [0.25, 0.3) is 0 Å². The molecule has 16 nitrogen and oxygen atoms in total. The van der Waals surface area contributed by atoms with Gasteiger partial charge in [0.25, 0.3) is 11.8 Å². The third-order valence-electron chi connectivity index (χ3n) is 5.49. The van der Waals surface area contributed by atoms with E-state index < -0.39 is 33.8 Å². The molecule has 218 valence electrons. The molecule has 1 saturated heterocycles. The molecule has 8 N–H and O–H groups in total. The zero-order chi connectivity index (χ0) is 29.5. The van der Waals surface area contributed by atoms with Crippen molar-refractivity contribution in [2.75, 3.05) is 32.0 Å². The highest BCUT2D eigenvalue weighted by atomic mass is 32.3. The summed E-state index contributed by atoms with van der Waals surface area (Å²) in [7, 11) is -4.95. The number of thiazole rings is 1. The van der Waals surface area contributed by atoms with E-state index in [4.69, 9.17) is 31.3 Å².